The Morgan fingerprint density at radius 1 is 0.413 bits per heavy atom. The van der Waals surface area contributed by atoms with E-state index in [9.17, 15) is 0 Å². The van der Waals surface area contributed by atoms with Gasteiger partial charge in [-0.1, -0.05) is 149 Å². The lowest BCUT2D eigenvalue weighted by molar-refractivity contribution is 0.569. The SMILES string of the molecule is CC(C)(C)c1ccc(N(c2ccc(-c3cc(C(C)(C)C)cc(C(C)(C)C)c3)cc2)c2ccc3c(c2)C(C)(C)c2ccccc2-3)cc1. The Hall–Kier alpha value is -4.10. The highest BCUT2D eigenvalue weighted by Crippen LogP contribution is 2.50. The Morgan fingerprint density at radius 2 is 0.891 bits per heavy atom. The van der Waals surface area contributed by atoms with Crippen molar-refractivity contribution in [1.82, 2.24) is 0 Å². The smallest absolute Gasteiger partial charge is 0.0465 e. The molecule has 0 spiro atoms. The molecule has 0 amide bonds. The zero-order valence-electron chi connectivity index (χ0n) is 29.8. The van der Waals surface area contributed by atoms with Gasteiger partial charge in [0.25, 0.3) is 0 Å². The molecule has 0 bridgehead atoms. The van der Waals surface area contributed by atoms with Gasteiger partial charge >= 0.3 is 0 Å². The van der Waals surface area contributed by atoms with Gasteiger partial charge in [-0.05, 0) is 103 Å². The molecule has 1 aliphatic carbocycles. The molecule has 5 aromatic rings. The van der Waals surface area contributed by atoms with Crippen LogP contribution in [0, 0.1) is 0 Å². The molecule has 236 valence electrons. The molecule has 0 aliphatic heterocycles. The first-order chi connectivity index (χ1) is 21.4. The van der Waals surface area contributed by atoms with E-state index in [0.29, 0.717) is 0 Å². The Morgan fingerprint density at radius 3 is 1.43 bits per heavy atom. The molecule has 0 unspecified atom stereocenters. The number of benzene rings is 5. The molecule has 1 heteroatoms. The largest absolute Gasteiger partial charge is 0.310 e. The topological polar surface area (TPSA) is 3.24 Å². The summed E-state index contributed by atoms with van der Waals surface area (Å²) in [4.78, 5) is 2.42. The van der Waals surface area contributed by atoms with Crippen molar-refractivity contribution < 1.29 is 0 Å². The van der Waals surface area contributed by atoms with Crippen LogP contribution in [0.25, 0.3) is 22.3 Å². The molecule has 5 aromatic carbocycles. The van der Waals surface area contributed by atoms with E-state index in [2.05, 4.69) is 190 Å². The molecular weight excluding hydrogens is 555 g/mol. The van der Waals surface area contributed by atoms with E-state index in [-0.39, 0.29) is 21.7 Å². The summed E-state index contributed by atoms with van der Waals surface area (Å²) in [5.74, 6) is 0. The van der Waals surface area contributed by atoms with E-state index in [1.54, 1.807) is 0 Å². The zero-order valence-corrected chi connectivity index (χ0v) is 29.8. The van der Waals surface area contributed by atoms with Crippen molar-refractivity contribution in [3.05, 3.63) is 137 Å². The third kappa shape index (κ3) is 5.81. The van der Waals surface area contributed by atoms with E-state index in [1.165, 1.54) is 61.4 Å². The van der Waals surface area contributed by atoms with Crippen LogP contribution < -0.4 is 4.90 Å². The zero-order chi connectivity index (χ0) is 33.2. The molecule has 0 saturated carbocycles. The lowest BCUT2D eigenvalue weighted by Crippen LogP contribution is -2.17. The minimum Gasteiger partial charge on any atom is -0.310 e. The number of fused-ring (bicyclic) bond motifs is 3. The Bertz CT molecular complexity index is 1850. The molecule has 0 fully saturated rings. The average Bonchev–Trinajstić information content (AvgIpc) is 3.22. The van der Waals surface area contributed by atoms with Crippen LogP contribution in [0.3, 0.4) is 0 Å². The maximum Gasteiger partial charge on any atom is 0.0465 e. The average molecular weight is 606 g/mol. The van der Waals surface area contributed by atoms with E-state index in [4.69, 9.17) is 0 Å². The van der Waals surface area contributed by atoms with Crippen LogP contribution in [0.2, 0.25) is 0 Å². The van der Waals surface area contributed by atoms with Gasteiger partial charge in [0.05, 0.1) is 0 Å². The Balaban J connectivity index is 1.47. The van der Waals surface area contributed by atoms with Gasteiger partial charge in [-0.2, -0.15) is 0 Å². The first kappa shape index (κ1) is 31.9. The predicted octanol–water partition coefficient (Wildman–Crippen LogP) is 13.0. The van der Waals surface area contributed by atoms with Crippen LogP contribution >= 0.6 is 0 Å². The second kappa shape index (κ2) is 11.0. The number of nitrogens with zero attached hydrogens (tertiary/aromatic N) is 1. The second-order valence-corrected chi connectivity index (χ2v) is 16.9. The summed E-state index contributed by atoms with van der Waals surface area (Å²) >= 11 is 0. The lowest BCUT2D eigenvalue weighted by atomic mass is 9.79. The molecule has 46 heavy (non-hydrogen) atoms. The summed E-state index contributed by atoms with van der Waals surface area (Å²) in [6.45, 7) is 25.4. The van der Waals surface area contributed by atoms with Gasteiger partial charge in [0.2, 0.25) is 0 Å². The number of anilines is 3. The first-order valence-electron chi connectivity index (χ1n) is 16.9. The van der Waals surface area contributed by atoms with Gasteiger partial charge in [-0.15, -0.1) is 0 Å². The van der Waals surface area contributed by atoms with Crippen LogP contribution in [0.5, 0.6) is 0 Å². The van der Waals surface area contributed by atoms with Crippen molar-refractivity contribution in [2.45, 2.75) is 97.8 Å². The van der Waals surface area contributed by atoms with Gasteiger partial charge in [0.1, 0.15) is 0 Å². The Labute approximate surface area is 278 Å². The molecule has 0 saturated heterocycles. The van der Waals surface area contributed by atoms with E-state index in [0.717, 1.165) is 5.69 Å². The number of rotatable bonds is 4. The highest BCUT2D eigenvalue weighted by Gasteiger charge is 2.35. The minimum atomic E-state index is -0.0591. The maximum atomic E-state index is 2.42. The molecule has 6 rings (SSSR count). The molecule has 0 radical (unpaired) electrons. The van der Waals surface area contributed by atoms with Crippen molar-refractivity contribution in [3.63, 3.8) is 0 Å². The fraction of sp³-hybridized carbons (Fsp3) is 0.333. The summed E-state index contributed by atoms with van der Waals surface area (Å²) in [7, 11) is 0. The standard InChI is InChI=1S/C45H51N/c1-42(2,3)32-18-22-36(23-19-32)46(37-24-25-39-38-14-12-13-15-40(38)45(10,11)41(39)29-37)35-20-16-30(17-21-35)31-26-33(43(4,5)6)28-34(27-31)44(7,8)9/h12-29H,1-11H3. The highest BCUT2D eigenvalue weighted by molar-refractivity contribution is 5.86. The number of hydrogen-bond donors (Lipinski definition) is 0. The van der Waals surface area contributed by atoms with Crippen molar-refractivity contribution >= 4 is 17.1 Å². The summed E-state index contributed by atoms with van der Waals surface area (Å²) in [6.07, 6.45) is 0. The molecule has 0 heterocycles. The predicted molar refractivity (Wildman–Crippen MR) is 200 cm³/mol. The minimum absolute atomic E-state index is 0.0591. The van der Waals surface area contributed by atoms with Crippen molar-refractivity contribution in [3.8, 4) is 22.3 Å². The van der Waals surface area contributed by atoms with Crippen LogP contribution in [-0.4, -0.2) is 0 Å². The maximum absolute atomic E-state index is 2.42. The third-order valence-corrected chi connectivity index (χ3v) is 9.94. The molecule has 1 aliphatic rings. The van der Waals surface area contributed by atoms with Crippen LogP contribution in [0.1, 0.15) is 104 Å². The molecule has 0 N–H and O–H groups in total. The number of hydrogen-bond acceptors (Lipinski definition) is 1. The van der Waals surface area contributed by atoms with Gasteiger partial charge < -0.3 is 4.90 Å². The summed E-state index contributed by atoms with van der Waals surface area (Å²) in [5.41, 5.74) is 15.8. The monoisotopic (exact) mass is 605 g/mol. The summed E-state index contributed by atoms with van der Waals surface area (Å²) in [5, 5.41) is 0. The van der Waals surface area contributed by atoms with Gasteiger partial charge in [-0.3, -0.25) is 0 Å². The normalized spacial score (nSPS) is 14.2. The molecule has 0 atom stereocenters. The van der Waals surface area contributed by atoms with Gasteiger partial charge in [0, 0.05) is 22.5 Å². The molecule has 1 nitrogen and oxygen atoms in total. The Kier molecular flexibility index (Phi) is 7.63. The van der Waals surface area contributed by atoms with E-state index >= 15 is 0 Å². The van der Waals surface area contributed by atoms with Crippen LogP contribution in [0.15, 0.2) is 109 Å². The quantitative estimate of drug-likeness (QED) is 0.197. The fourth-order valence-corrected chi connectivity index (χ4v) is 6.85. The van der Waals surface area contributed by atoms with Crippen LogP contribution in [0.4, 0.5) is 17.1 Å². The van der Waals surface area contributed by atoms with Gasteiger partial charge in [-0.25, -0.2) is 0 Å². The summed E-state index contributed by atoms with van der Waals surface area (Å²) in [6, 6.07) is 41.4. The lowest BCUT2D eigenvalue weighted by Gasteiger charge is -2.29. The van der Waals surface area contributed by atoms with Crippen molar-refractivity contribution in [2.75, 3.05) is 4.90 Å². The first-order valence-corrected chi connectivity index (χ1v) is 16.9. The third-order valence-electron chi connectivity index (χ3n) is 9.94. The van der Waals surface area contributed by atoms with Crippen LogP contribution in [-0.2, 0) is 21.7 Å². The van der Waals surface area contributed by atoms with Crippen molar-refractivity contribution in [2.24, 2.45) is 0 Å². The van der Waals surface area contributed by atoms with Gasteiger partial charge in [0.15, 0.2) is 0 Å². The highest BCUT2D eigenvalue weighted by atomic mass is 15.1. The van der Waals surface area contributed by atoms with E-state index in [1.807, 2.05) is 0 Å². The molecular formula is C45H51N. The summed E-state index contributed by atoms with van der Waals surface area (Å²) < 4.78 is 0. The second-order valence-electron chi connectivity index (χ2n) is 16.9. The molecule has 0 aromatic heterocycles. The van der Waals surface area contributed by atoms with E-state index < -0.39 is 0 Å². The van der Waals surface area contributed by atoms with Crippen molar-refractivity contribution in [1.29, 1.82) is 0 Å². The fourth-order valence-electron chi connectivity index (χ4n) is 6.85.